The van der Waals surface area contributed by atoms with Gasteiger partial charge in [0.25, 0.3) is 0 Å². The fourth-order valence-electron chi connectivity index (χ4n) is 4.13. The molecule has 1 atom stereocenters. The van der Waals surface area contributed by atoms with Gasteiger partial charge in [-0.05, 0) is 43.2 Å². The zero-order chi connectivity index (χ0) is 24.6. The molecule has 2 aromatic rings. The van der Waals surface area contributed by atoms with Crippen LogP contribution in [0.5, 0.6) is 0 Å². The second-order valence-electron chi connectivity index (χ2n) is 8.35. The third kappa shape index (κ3) is 6.25. The number of benzene rings is 2. The molecule has 0 saturated heterocycles. The Morgan fingerprint density at radius 1 is 0.971 bits per heavy atom. The van der Waals surface area contributed by atoms with Gasteiger partial charge in [0.05, 0.1) is 0 Å². The molecule has 2 aromatic carbocycles. The maximum absolute atomic E-state index is 15.3. The molecule has 0 radical (unpaired) electrons. The van der Waals surface area contributed by atoms with Crippen molar-refractivity contribution in [3.63, 3.8) is 0 Å². The Kier molecular flexibility index (Phi) is 9.21. The lowest BCUT2D eigenvalue weighted by molar-refractivity contribution is 0.304. The summed E-state index contributed by atoms with van der Waals surface area (Å²) in [5, 5.41) is 2.24. The molecule has 0 bridgehead atoms. The minimum absolute atomic E-state index is 0.295. The smallest absolute Gasteiger partial charge is 0.132 e. The summed E-state index contributed by atoms with van der Waals surface area (Å²) >= 11 is 0. The normalized spacial score (nSPS) is 18.2. The number of nitrogens with zero attached hydrogens (tertiary/aromatic N) is 1. The van der Waals surface area contributed by atoms with E-state index < -0.39 is 16.1 Å². The standard InChI is InChI=1S/C29H31F2NOP2/c1-3-4-21-32(34-22-13-5-6-14-23(2)33-26-17-9-12-20-29(26)34)35(27-18-10-7-15-24(27)30)28-19-11-8-16-25(28)31/h5-8,10-16,18-20H,2-4,9,17,21-22H2,1H3. The van der Waals surface area contributed by atoms with Crippen LogP contribution in [-0.2, 0) is 4.74 Å². The molecule has 4 rings (SSSR count). The number of halogens is 2. The van der Waals surface area contributed by atoms with Crippen molar-refractivity contribution in [3.05, 3.63) is 120 Å². The van der Waals surface area contributed by atoms with E-state index in [0.29, 0.717) is 16.4 Å². The number of hydrogen-bond acceptors (Lipinski definition) is 2. The van der Waals surface area contributed by atoms with Gasteiger partial charge in [0.15, 0.2) is 0 Å². The van der Waals surface area contributed by atoms with Crippen molar-refractivity contribution in [2.24, 2.45) is 0 Å². The summed E-state index contributed by atoms with van der Waals surface area (Å²) in [4.78, 5) is 0. The van der Waals surface area contributed by atoms with E-state index >= 15 is 8.78 Å². The molecular weight excluding hydrogens is 478 g/mol. The molecule has 0 fully saturated rings. The number of unbranched alkanes of at least 4 members (excludes halogenated alkanes) is 1. The van der Waals surface area contributed by atoms with Gasteiger partial charge in [-0.1, -0.05) is 74.6 Å². The molecule has 2 aliphatic rings. The molecule has 2 nitrogen and oxygen atoms in total. The molecule has 1 heterocycles. The maximum atomic E-state index is 15.3. The fourth-order valence-corrected chi connectivity index (χ4v) is 10.2. The Balaban J connectivity index is 1.92. The molecule has 0 amide bonds. The summed E-state index contributed by atoms with van der Waals surface area (Å²) in [6.45, 7) is 6.94. The Bertz CT molecular complexity index is 1130. The number of rotatable bonds is 7. The first-order valence-electron chi connectivity index (χ1n) is 12.0. The van der Waals surface area contributed by atoms with Gasteiger partial charge < -0.3 is 4.74 Å². The first-order valence-corrected chi connectivity index (χ1v) is 14.8. The number of allylic oxidation sites excluding steroid dienone is 8. The van der Waals surface area contributed by atoms with Crippen molar-refractivity contribution < 1.29 is 13.5 Å². The molecule has 0 aromatic heterocycles. The van der Waals surface area contributed by atoms with E-state index in [1.54, 1.807) is 12.1 Å². The fraction of sp³-hybridized carbons (Fsp3) is 0.241. The lowest BCUT2D eigenvalue weighted by Crippen LogP contribution is -2.30. The van der Waals surface area contributed by atoms with Gasteiger partial charge >= 0.3 is 0 Å². The highest BCUT2D eigenvalue weighted by Gasteiger charge is 2.34. The summed E-state index contributed by atoms with van der Waals surface area (Å²) in [7, 11) is -2.43. The lowest BCUT2D eigenvalue weighted by Gasteiger charge is -2.40. The summed E-state index contributed by atoms with van der Waals surface area (Å²) < 4.78 is 39.3. The summed E-state index contributed by atoms with van der Waals surface area (Å²) in [5.74, 6) is 0.925. The van der Waals surface area contributed by atoms with Crippen LogP contribution in [0, 0.1) is 11.6 Å². The van der Waals surface area contributed by atoms with Crippen molar-refractivity contribution in [2.45, 2.75) is 32.6 Å². The van der Waals surface area contributed by atoms with Gasteiger partial charge in [-0.3, -0.25) is 0 Å². The van der Waals surface area contributed by atoms with Crippen LogP contribution in [0.3, 0.4) is 0 Å². The van der Waals surface area contributed by atoms with Crippen LogP contribution in [0.1, 0.15) is 32.6 Å². The minimum atomic E-state index is -1.46. The Morgan fingerprint density at radius 2 is 1.66 bits per heavy atom. The minimum Gasteiger partial charge on any atom is -0.462 e. The molecule has 182 valence electrons. The topological polar surface area (TPSA) is 12.5 Å². The Hall–Kier alpha value is -2.38. The third-order valence-corrected chi connectivity index (χ3v) is 11.6. The van der Waals surface area contributed by atoms with E-state index in [1.165, 1.54) is 12.1 Å². The summed E-state index contributed by atoms with van der Waals surface area (Å²) in [6, 6.07) is 13.7. The van der Waals surface area contributed by atoms with Crippen LogP contribution < -0.4 is 10.6 Å². The van der Waals surface area contributed by atoms with Crippen LogP contribution in [0.2, 0.25) is 0 Å². The zero-order valence-electron chi connectivity index (χ0n) is 20.0. The van der Waals surface area contributed by atoms with Crippen LogP contribution in [0.15, 0.2) is 108 Å². The summed E-state index contributed by atoms with van der Waals surface area (Å²) in [6.07, 6.45) is 16.7. The molecule has 1 unspecified atom stereocenters. The Morgan fingerprint density at radius 3 is 2.31 bits per heavy atom. The number of hydrogen-bond donors (Lipinski definition) is 0. The van der Waals surface area contributed by atoms with Gasteiger partial charge in [0.1, 0.15) is 23.2 Å². The van der Waals surface area contributed by atoms with Gasteiger partial charge in [-0.25, -0.2) is 13.2 Å². The largest absolute Gasteiger partial charge is 0.462 e. The monoisotopic (exact) mass is 509 g/mol. The van der Waals surface area contributed by atoms with Crippen molar-refractivity contribution in [2.75, 3.05) is 12.7 Å². The van der Waals surface area contributed by atoms with Gasteiger partial charge in [0.2, 0.25) is 0 Å². The van der Waals surface area contributed by atoms with Crippen molar-refractivity contribution >= 4 is 26.8 Å². The van der Waals surface area contributed by atoms with E-state index in [1.807, 2.05) is 42.5 Å². The molecule has 0 saturated carbocycles. The van der Waals surface area contributed by atoms with Crippen LogP contribution in [0.4, 0.5) is 8.78 Å². The molecule has 0 N–H and O–H groups in total. The molecule has 35 heavy (non-hydrogen) atoms. The van der Waals surface area contributed by atoms with E-state index in [9.17, 15) is 0 Å². The molecule has 1 aliphatic carbocycles. The molecular formula is C29H31F2NOP2. The summed E-state index contributed by atoms with van der Waals surface area (Å²) in [5.41, 5.74) is 0. The van der Waals surface area contributed by atoms with Crippen LogP contribution in [0.25, 0.3) is 0 Å². The van der Waals surface area contributed by atoms with Crippen molar-refractivity contribution in [1.82, 2.24) is 4.44 Å². The van der Waals surface area contributed by atoms with Crippen LogP contribution in [-0.4, -0.2) is 17.1 Å². The van der Waals surface area contributed by atoms with Crippen LogP contribution >= 0.6 is 16.1 Å². The predicted molar refractivity (Wildman–Crippen MR) is 146 cm³/mol. The first kappa shape index (κ1) is 25.7. The van der Waals surface area contributed by atoms with Gasteiger partial charge in [-0.2, -0.15) is 0 Å². The molecule has 0 spiro atoms. The Labute approximate surface area is 210 Å². The quantitative estimate of drug-likeness (QED) is 0.351. The van der Waals surface area contributed by atoms with Gasteiger partial charge in [-0.15, -0.1) is 0 Å². The predicted octanol–water partition coefficient (Wildman–Crippen LogP) is 8.03. The highest BCUT2D eigenvalue weighted by molar-refractivity contribution is 7.80. The van der Waals surface area contributed by atoms with E-state index in [4.69, 9.17) is 4.74 Å². The molecule has 6 heteroatoms. The highest BCUT2D eigenvalue weighted by atomic mass is 31.2. The number of ether oxygens (including phenoxy) is 1. The average Bonchev–Trinajstić information content (AvgIpc) is 2.86. The van der Waals surface area contributed by atoms with E-state index in [0.717, 1.165) is 49.5 Å². The van der Waals surface area contributed by atoms with Crippen molar-refractivity contribution in [3.8, 4) is 0 Å². The van der Waals surface area contributed by atoms with E-state index in [2.05, 4.69) is 36.2 Å². The second-order valence-corrected chi connectivity index (χ2v) is 12.9. The SMILES string of the molecule is C=C1C=CC=CCP(N(CCCC)P(c2ccccc2F)c2ccccc2F)C2=C(CCC=C2)O1. The first-order chi connectivity index (χ1) is 17.1. The highest BCUT2D eigenvalue weighted by Crippen LogP contribution is 2.62. The second kappa shape index (κ2) is 12.5. The third-order valence-electron chi connectivity index (χ3n) is 5.82. The van der Waals surface area contributed by atoms with E-state index in [-0.39, 0.29) is 11.6 Å². The van der Waals surface area contributed by atoms with Gasteiger partial charge in [0, 0.05) is 51.2 Å². The maximum Gasteiger partial charge on any atom is 0.132 e. The zero-order valence-corrected chi connectivity index (χ0v) is 21.8. The average molecular weight is 510 g/mol. The molecule has 1 aliphatic heterocycles. The lowest BCUT2D eigenvalue weighted by atomic mass is 10.1. The van der Waals surface area contributed by atoms with Crippen molar-refractivity contribution in [1.29, 1.82) is 0 Å².